The van der Waals surface area contributed by atoms with Crippen molar-refractivity contribution >= 4 is 0 Å². The van der Waals surface area contributed by atoms with Crippen molar-refractivity contribution in [2.45, 2.75) is 19.5 Å². The summed E-state index contributed by atoms with van der Waals surface area (Å²) in [6.45, 7) is 3.58. The number of alkyl halides is 1. The summed E-state index contributed by atoms with van der Waals surface area (Å²) in [5.41, 5.74) is 1.06. The van der Waals surface area contributed by atoms with E-state index in [4.69, 9.17) is 0 Å². The molecule has 0 aliphatic rings. The molecule has 0 aliphatic heterocycles. The van der Waals surface area contributed by atoms with Crippen LogP contribution in [-0.2, 0) is 5.67 Å². The smallest absolute Gasteiger partial charge is 0.158 e. The number of hydrogen-bond acceptors (Lipinski definition) is 0. The zero-order chi connectivity index (χ0) is 11.6. The summed E-state index contributed by atoms with van der Waals surface area (Å²) in [6, 6.07) is 16.9. The normalized spacial score (nSPS) is 14.4. The summed E-state index contributed by atoms with van der Waals surface area (Å²) >= 11 is 0. The van der Waals surface area contributed by atoms with Gasteiger partial charge in [-0.2, -0.15) is 0 Å². The standard InChI is InChI=1S/C15H15F/c1-12-7-6-10-14(11-12)15(2,16)13-8-4-3-5-9-13/h3-11H,1-2H3. The molecule has 0 nitrogen and oxygen atoms in total. The van der Waals surface area contributed by atoms with Gasteiger partial charge in [0, 0.05) is 0 Å². The van der Waals surface area contributed by atoms with Crippen molar-refractivity contribution < 1.29 is 4.39 Å². The highest BCUT2D eigenvalue weighted by Crippen LogP contribution is 2.33. The molecule has 0 heterocycles. The summed E-state index contributed by atoms with van der Waals surface area (Å²) in [7, 11) is 0. The Labute approximate surface area is 95.7 Å². The Bertz CT molecular complexity index is 472. The first-order valence-corrected chi connectivity index (χ1v) is 5.42. The van der Waals surface area contributed by atoms with Gasteiger partial charge in [-0.15, -0.1) is 0 Å². The first-order valence-electron chi connectivity index (χ1n) is 5.42. The lowest BCUT2D eigenvalue weighted by Crippen LogP contribution is -2.16. The molecule has 0 amide bonds. The molecule has 1 unspecified atom stereocenters. The highest BCUT2D eigenvalue weighted by atomic mass is 19.1. The van der Waals surface area contributed by atoms with E-state index < -0.39 is 5.67 Å². The minimum absolute atomic E-state index is 0.695. The molecule has 16 heavy (non-hydrogen) atoms. The molecule has 1 atom stereocenters. The van der Waals surface area contributed by atoms with Crippen LogP contribution in [0.5, 0.6) is 0 Å². The first kappa shape index (κ1) is 10.9. The lowest BCUT2D eigenvalue weighted by atomic mass is 9.89. The molecule has 0 spiro atoms. The van der Waals surface area contributed by atoms with E-state index in [1.807, 2.05) is 61.5 Å². The third-order valence-electron chi connectivity index (χ3n) is 2.88. The van der Waals surface area contributed by atoms with E-state index in [0.717, 1.165) is 5.56 Å². The summed E-state index contributed by atoms with van der Waals surface area (Å²) in [4.78, 5) is 0. The number of aryl methyl sites for hydroxylation is 1. The Kier molecular flexibility index (Phi) is 2.78. The molecule has 0 radical (unpaired) electrons. The topological polar surface area (TPSA) is 0 Å². The third-order valence-corrected chi connectivity index (χ3v) is 2.88. The van der Waals surface area contributed by atoms with Gasteiger partial charge < -0.3 is 0 Å². The van der Waals surface area contributed by atoms with Gasteiger partial charge in [-0.25, -0.2) is 4.39 Å². The number of halogens is 1. The van der Waals surface area contributed by atoms with Gasteiger partial charge in [-0.3, -0.25) is 0 Å². The molecule has 0 aromatic heterocycles. The zero-order valence-electron chi connectivity index (χ0n) is 9.57. The van der Waals surface area contributed by atoms with Crippen molar-refractivity contribution in [1.29, 1.82) is 0 Å². The largest absolute Gasteiger partial charge is 0.234 e. The molecule has 1 heteroatoms. The minimum atomic E-state index is -1.42. The fourth-order valence-electron chi connectivity index (χ4n) is 1.85. The lowest BCUT2D eigenvalue weighted by molar-refractivity contribution is 0.251. The monoisotopic (exact) mass is 214 g/mol. The predicted molar refractivity (Wildman–Crippen MR) is 65.2 cm³/mol. The van der Waals surface area contributed by atoms with E-state index in [-0.39, 0.29) is 0 Å². The second-order valence-electron chi connectivity index (χ2n) is 4.24. The summed E-state index contributed by atoms with van der Waals surface area (Å²) < 4.78 is 14.7. The lowest BCUT2D eigenvalue weighted by Gasteiger charge is -2.21. The predicted octanol–water partition coefficient (Wildman–Crippen LogP) is 4.23. The fourth-order valence-corrected chi connectivity index (χ4v) is 1.85. The SMILES string of the molecule is Cc1cccc(C(C)(F)c2ccccc2)c1. The van der Waals surface area contributed by atoms with Crippen LogP contribution in [0.4, 0.5) is 4.39 Å². The molecule has 0 saturated heterocycles. The maximum Gasteiger partial charge on any atom is 0.158 e. The molecule has 2 rings (SSSR count). The molecular formula is C15H15F. The molecule has 2 aromatic carbocycles. The maximum absolute atomic E-state index is 14.7. The van der Waals surface area contributed by atoms with Gasteiger partial charge in [-0.1, -0.05) is 60.2 Å². The van der Waals surface area contributed by atoms with Crippen LogP contribution in [-0.4, -0.2) is 0 Å². The Morgan fingerprint density at radius 1 is 0.875 bits per heavy atom. The molecule has 82 valence electrons. The average molecular weight is 214 g/mol. The molecular weight excluding hydrogens is 199 g/mol. The molecule has 0 fully saturated rings. The van der Waals surface area contributed by atoms with E-state index in [2.05, 4.69) is 0 Å². The minimum Gasteiger partial charge on any atom is -0.234 e. The summed E-state index contributed by atoms with van der Waals surface area (Å²) in [5.74, 6) is 0. The second-order valence-corrected chi connectivity index (χ2v) is 4.24. The van der Waals surface area contributed by atoms with Gasteiger partial charge in [0.2, 0.25) is 0 Å². The van der Waals surface area contributed by atoms with Crippen LogP contribution in [0.2, 0.25) is 0 Å². The highest BCUT2D eigenvalue weighted by molar-refractivity contribution is 5.36. The van der Waals surface area contributed by atoms with E-state index in [1.54, 1.807) is 6.92 Å². The van der Waals surface area contributed by atoms with Crippen LogP contribution in [0.1, 0.15) is 23.6 Å². The van der Waals surface area contributed by atoms with Crippen LogP contribution in [0, 0.1) is 6.92 Å². The van der Waals surface area contributed by atoms with Crippen molar-refractivity contribution in [3.63, 3.8) is 0 Å². The summed E-state index contributed by atoms with van der Waals surface area (Å²) in [6.07, 6.45) is 0. The van der Waals surface area contributed by atoms with Crippen molar-refractivity contribution in [2.24, 2.45) is 0 Å². The van der Waals surface area contributed by atoms with Crippen molar-refractivity contribution in [3.8, 4) is 0 Å². The molecule has 0 saturated carbocycles. The zero-order valence-corrected chi connectivity index (χ0v) is 9.57. The molecule has 0 aliphatic carbocycles. The van der Waals surface area contributed by atoms with Gasteiger partial charge in [0.05, 0.1) is 0 Å². The second kappa shape index (κ2) is 4.09. The van der Waals surface area contributed by atoms with Crippen molar-refractivity contribution in [3.05, 3.63) is 71.3 Å². The highest BCUT2D eigenvalue weighted by Gasteiger charge is 2.27. The van der Waals surface area contributed by atoms with Crippen LogP contribution < -0.4 is 0 Å². The number of benzene rings is 2. The fraction of sp³-hybridized carbons (Fsp3) is 0.200. The number of hydrogen-bond donors (Lipinski definition) is 0. The van der Waals surface area contributed by atoms with Crippen LogP contribution in [0.3, 0.4) is 0 Å². The first-order chi connectivity index (χ1) is 7.60. The van der Waals surface area contributed by atoms with Crippen molar-refractivity contribution in [2.75, 3.05) is 0 Å². The van der Waals surface area contributed by atoms with Gasteiger partial charge in [0.15, 0.2) is 5.67 Å². The van der Waals surface area contributed by atoms with E-state index in [9.17, 15) is 4.39 Å². The Morgan fingerprint density at radius 2 is 1.50 bits per heavy atom. The summed E-state index contributed by atoms with van der Waals surface area (Å²) in [5, 5.41) is 0. The molecule has 2 aromatic rings. The van der Waals surface area contributed by atoms with Gasteiger partial charge in [0.1, 0.15) is 0 Å². The molecule has 0 N–H and O–H groups in total. The van der Waals surface area contributed by atoms with Gasteiger partial charge in [-0.05, 0) is 25.0 Å². The van der Waals surface area contributed by atoms with Gasteiger partial charge >= 0.3 is 0 Å². The quantitative estimate of drug-likeness (QED) is 0.701. The third kappa shape index (κ3) is 1.99. The Hall–Kier alpha value is -1.63. The maximum atomic E-state index is 14.7. The Balaban J connectivity index is 2.47. The average Bonchev–Trinajstić information content (AvgIpc) is 2.30. The van der Waals surface area contributed by atoms with Gasteiger partial charge in [0.25, 0.3) is 0 Å². The number of rotatable bonds is 2. The van der Waals surface area contributed by atoms with E-state index in [1.165, 1.54) is 0 Å². The van der Waals surface area contributed by atoms with E-state index in [0.29, 0.717) is 11.1 Å². The Morgan fingerprint density at radius 3 is 2.12 bits per heavy atom. The van der Waals surface area contributed by atoms with Crippen molar-refractivity contribution in [1.82, 2.24) is 0 Å². The van der Waals surface area contributed by atoms with Crippen LogP contribution >= 0.6 is 0 Å². The van der Waals surface area contributed by atoms with Crippen LogP contribution in [0.25, 0.3) is 0 Å². The molecule has 0 bridgehead atoms. The van der Waals surface area contributed by atoms with Crippen LogP contribution in [0.15, 0.2) is 54.6 Å². The van der Waals surface area contributed by atoms with E-state index >= 15 is 0 Å².